The first-order valence-corrected chi connectivity index (χ1v) is 9.51. The van der Waals surface area contributed by atoms with Crippen LogP contribution in [0.3, 0.4) is 0 Å². The molecule has 21 heavy (non-hydrogen) atoms. The van der Waals surface area contributed by atoms with Gasteiger partial charge in [0.05, 0.1) is 11.0 Å². The Hall–Kier alpha value is -0.620. The van der Waals surface area contributed by atoms with Crippen LogP contribution >= 0.6 is 11.6 Å². The fourth-order valence-corrected chi connectivity index (χ4v) is 4.16. The summed E-state index contributed by atoms with van der Waals surface area (Å²) in [6.45, 7) is 1.19. The van der Waals surface area contributed by atoms with E-state index in [2.05, 4.69) is 5.32 Å². The standard InChI is InChI=1S/C15H22ClNO3S/c1-21(19,20)15-7-3-6-14(16)13(15)10-17-9-11-4-2-5-12(18)8-11/h3,6-7,11-12,17-18H,2,4-5,8-10H2,1H3. The molecule has 0 radical (unpaired) electrons. The second-order valence-electron chi connectivity index (χ2n) is 5.81. The fraction of sp³-hybridized carbons (Fsp3) is 0.600. The number of hydrogen-bond donors (Lipinski definition) is 2. The third-order valence-corrected chi connectivity index (χ3v) is 5.50. The molecule has 2 N–H and O–H groups in total. The highest BCUT2D eigenvalue weighted by Gasteiger charge is 2.20. The van der Waals surface area contributed by atoms with E-state index in [0.717, 1.165) is 32.2 Å². The molecule has 1 saturated carbocycles. The molecule has 1 aliphatic rings. The lowest BCUT2D eigenvalue weighted by molar-refractivity contribution is 0.101. The van der Waals surface area contributed by atoms with Crippen molar-refractivity contribution in [3.8, 4) is 0 Å². The number of aliphatic hydroxyl groups is 1. The van der Waals surface area contributed by atoms with Crippen LogP contribution in [0.5, 0.6) is 0 Å². The van der Waals surface area contributed by atoms with Crippen LogP contribution < -0.4 is 5.32 Å². The third kappa shape index (κ3) is 4.68. The van der Waals surface area contributed by atoms with Crippen LogP contribution in [-0.2, 0) is 16.4 Å². The Balaban J connectivity index is 2.00. The number of nitrogens with one attached hydrogen (secondary N) is 1. The molecule has 4 nitrogen and oxygen atoms in total. The van der Waals surface area contributed by atoms with Gasteiger partial charge in [-0.15, -0.1) is 0 Å². The van der Waals surface area contributed by atoms with Crippen molar-refractivity contribution >= 4 is 21.4 Å². The molecule has 1 aromatic carbocycles. The van der Waals surface area contributed by atoms with E-state index in [0.29, 0.717) is 23.0 Å². The normalized spacial score (nSPS) is 23.2. The molecule has 0 heterocycles. The second-order valence-corrected chi connectivity index (χ2v) is 8.20. The quantitative estimate of drug-likeness (QED) is 0.869. The average Bonchev–Trinajstić information content (AvgIpc) is 2.39. The van der Waals surface area contributed by atoms with Gasteiger partial charge < -0.3 is 10.4 Å². The van der Waals surface area contributed by atoms with E-state index >= 15 is 0 Å². The maximum absolute atomic E-state index is 11.8. The van der Waals surface area contributed by atoms with Crippen molar-refractivity contribution in [1.29, 1.82) is 0 Å². The van der Waals surface area contributed by atoms with Crippen LogP contribution in [0.2, 0.25) is 5.02 Å². The van der Waals surface area contributed by atoms with E-state index in [1.54, 1.807) is 18.2 Å². The van der Waals surface area contributed by atoms with Crippen molar-refractivity contribution in [3.05, 3.63) is 28.8 Å². The van der Waals surface area contributed by atoms with E-state index in [-0.39, 0.29) is 11.0 Å². The number of rotatable bonds is 5. The zero-order valence-electron chi connectivity index (χ0n) is 12.2. The summed E-state index contributed by atoms with van der Waals surface area (Å²) in [4.78, 5) is 0.283. The fourth-order valence-electron chi connectivity index (χ4n) is 2.91. The second kappa shape index (κ2) is 7.09. The molecule has 0 aromatic heterocycles. The largest absolute Gasteiger partial charge is 0.393 e. The lowest BCUT2D eigenvalue weighted by Crippen LogP contribution is -2.29. The van der Waals surface area contributed by atoms with Gasteiger partial charge in [0.15, 0.2) is 9.84 Å². The molecule has 0 bridgehead atoms. The van der Waals surface area contributed by atoms with Crippen LogP contribution in [0, 0.1) is 5.92 Å². The van der Waals surface area contributed by atoms with Crippen LogP contribution in [0.1, 0.15) is 31.2 Å². The molecule has 0 aliphatic heterocycles. The third-order valence-electron chi connectivity index (χ3n) is 3.97. The molecule has 0 amide bonds. The summed E-state index contributed by atoms with van der Waals surface area (Å²) >= 11 is 6.14. The van der Waals surface area contributed by atoms with Crippen molar-refractivity contribution < 1.29 is 13.5 Å². The Morgan fingerprint density at radius 3 is 2.81 bits per heavy atom. The lowest BCUT2D eigenvalue weighted by Gasteiger charge is -2.26. The van der Waals surface area contributed by atoms with Crippen LogP contribution in [-0.4, -0.2) is 32.4 Å². The average molecular weight is 332 g/mol. The predicted octanol–water partition coefficient (Wildman–Crippen LogP) is 2.38. The van der Waals surface area contributed by atoms with E-state index in [1.807, 2.05) is 0 Å². The Kier molecular flexibility index (Phi) is 5.66. The van der Waals surface area contributed by atoms with Gasteiger partial charge in [-0.1, -0.05) is 24.1 Å². The molecule has 1 aromatic rings. The minimum absolute atomic E-state index is 0.197. The first kappa shape index (κ1) is 16.7. The minimum Gasteiger partial charge on any atom is -0.393 e. The summed E-state index contributed by atoms with van der Waals surface area (Å²) in [6.07, 6.45) is 4.85. The van der Waals surface area contributed by atoms with Gasteiger partial charge in [-0.25, -0.2) is 8.42 Å². The molecule has 0 saturated heterocycles. The Bertz CT molecular complexity index is 589. The van der Waals surface area contributed by atoms with Crippen molar-refractivity contribution in [3.63, 3.8) is 0 Å². The van der Waals surface area contributed by atoms with Crippen LogP contribution in [0.25, 0.3) is 0 Å². The summed E-state index contributed by atoms with van der Waals surface area (Å²) in [5, 5.41) is 13.4. The molecule has 1 aliphatic carbocycles. The van der Waals surface area contributed by atoms with E-state index in [4.69, 9.17) is 11.6 Å². The van der Waals surface area contributed by atoms with Gasteiger partial charge in [-0.05, 0) is 43.9 Å². The Morgan fingerprint density at radius 1 is 1.38 bits per heavy atom. The molecular formula is C15H22ClNO3S. The molecule has 2 atom stereocenters. The van der Waals surface area contributed by atoms with Crippen molar-refractivity contribution in [1.82, 2.24) is 5.32 Å². The van der Waals surface area contributed by atoms with Crippen LogP contribution in [0.15, 0.2) is 23.1 Å². The van der Waals surface area contributed by atoms with Gasteiger partial charge >= 0.3 is 0 Å². The zero-order valence-corrected chi connectivity index (χ0v) is 13.8. The number of benzene rings is 1. The van der Waals surface area contributed by atoms with E-state index in [1.165, 1.54) is 6.26 Å². The number of halogens is 1. The summed E-state index contributed by atoms with van der Waals surface area (Å²) < 4.78 is 23.6. The van der Waals surface area contributed by atoms with Crippen molar-refractivity contribution in [2.75, 3.05) is 12.8 Å². The molecule has 0 spiro atoms. The van der Waals surface area contributed by atoms with Gasteiger partial charge in [0.1, 0.15) is 0 Å². The van der Waals surface area contributed by atoms with Gasteiger partial charge in [-0.2, -0.15) is 0 Å². The SMILES string of the molecule is CS(=O)(=O)c1cccc(Cl)c1CNCC1CCCC(O)C1. The van der Waals surface area contributed by atoms with Crippen molar-refractivity contribution in [2.45, 2.75) is 43.2 Å². The highest BCUT2D eigenvalue weighted by atomic mass is 35.5. The van der Waals surface area contributed by atoms with Gasteiger partial charge in [-0.3, -0.25) is 0 Å². The Morgan fingerprint density at radius 2 is 2.14 bits per heavy atom. The minimum atomic E-state index is -3.28. The topological polar surface area (TPSA) is 66.4 Å². The molecular weight excluding hydrogens is 310 g/mol. The van der Waals surface area contributed by atoms with Gasteiger partial charge in [0.25, 0.3) is 0 Å². The maximum Gasteiger partial charge on any atom is 0.175 e. The monoisotopic (exact) mass is 331 g/mol. The number of hydrogen-bond acceptors (Lipinski definition) is 4. The first-order chi connectivity index (χ1) is 9.88. The summed E-state index contributed by atoms with van der Waals surface area (Å²) in [5.74, 6) is 0.443. The lowest BCUT2D eigenvalue weighted by atomic mass is 9.87. The number of sulfone groups is 1. The summed E-state index contributed by atoms with van der Waals surface area (Å²) in [5.41, 5.74) is 0.623. The van der Waals surface area contributed by atoms with Crippen molar-refractivity contribution in [2.24, 2.45) is 5.92 Å². The van der Waals surface area contributed by atoms with E-state index in [9.17, 15) is 13.5 Å². The van der Waals surface area contributed by atoms with E-state index < -0.39 is 9.84 Å². The highest BCUT2D eigenvalue weighted by molar-refractivity contribution is 7.90. The van der Waals surface area contributed by atoms with Crippen LogP contribution in [0.4, 0.5) is 0 Å². The molecule has 6 heteroatoms. The Labute approximate surface area is 131 Å². The molecule has 2 rings (SSSR count). The first-order valence-electron chi connectivity index (χ1n) is 7.24. The summed E-state index contributed by atoms with van der Waals surface area (Å²) in [6, 6.07) is 4.94. The highest BCUT2D eigenvalue weighted by Crippen LogP contribution is 2.25. The maximum atomic E-state index is 11.8. The number of aliphatic hydroxyl groups excluding tert-OH is 1. The van der Waals surface area contributed by atoms with Gasteiger partial charge in [0, 0.05) is 23.4 Å². The zero-order chi connectivity index (χ0) is 15.5. The molecule has 2 unspecified atom stereocenters. The summed E-state index contributed by atoms with van der Waals surface area (Å²) in [7, 11) is -3.28. The molecule has 1 fully saturated rings. The predicted molar refractivity (Wildman–Crippen MR) is 84.2 cm³/mol. The molecule has 118 valence electrons. The smallest absolute Gasteiger partial charge is 0.175 e. The van der Waals surface area contributed by atoms with Gasteiger partial charge in [0.2, 0.25) is 0 Å².